The molecule has 3 rings (SSSR count). The van der Waals surface area contributed by atoms with Crippen LogP contribution in [-0.4, -0.2) is 11.1 Å². The van der Waals surface area contributed by atoms with Crippen molar-refractivity contribution in [2.24, 2.45) is 0 Å². The Balaban J connectivity index is 1.72. The van der Waals surface area contributed by atoms with Crippen molar-refractivity contribution < 1.29 is 9.32 Å². The molecule has 4 nitrogen and oxygen atoms in total. The minimum atomic E-state index is -0.309. The van der Waals surface area contributed by atoms with Gasteiger partial charge in [0.25, 0.3) is 5.91 Å². The molecule has 24 heavy (non-hydrogen) atoms. The van der Waals surface area contributed by atoms with Crippen LogP contribution in [0.2, 0.25) is 5.02 Å². The van der Waals surface area contributed by atoms with E-state index in [1.54, 1.807) is 18.2 Å². The lowest BCUT2D eigenvalue weighted by atomic mass is 10.0. The van der Waals surface area contributed by atoms with Crippen molar-refractivity contribution in [3.05, 3.63) is 70.9 Å². The zero-order valence-corrected chi connectivity index (χ0v) is 14.2. The first-order valence-corrected chi connectivity index (χ1v) is 8.04. The number of carbonyl (C=O) groups is 1. The van der Waals surface area contributed by atoms with E-state index in [0.29, 0.717) is 16.7 Å². The van der Waals surface area contributed by atoms with E-state index in [1.165, 1.54) is 5.56 Å². The van der Waals surface area contributed by atoms with Crippen LogP contribution < -0.4 is 5.32 Å². The minimum absolute atomic E-state index is 0.230. The summed E-state index contributed by atoms with van der Waals surface area (Å²) in [5, 5.41) is 7.29. The van der Waals surface area contributed by atoms with Crippen LogP contribution in [0.1, 0.15) is 35.8 Å². The number of nitrogens with zero attached hydrogens (tertiary/aromatic N) is 1. The van der Waals surface area contributed by atoms with Crippen molar-refractivity contribution in [1.29, 1.82) is 0 Å². The van der Waals surface area contributed by atoms with Crippen LogP contribution in [-0.2, 0) is 0 Å². The lowest BCUT2D eigenvalue weighted by Crippen LogP contribution is -2.12. The van der Waals surface area contributed by atoms with Crippen molar-refractivity contribution >= 4 is 23.2 Å². The van der Waals surface area contributed by atoms with Crippen molar-refractivity contribution in [3.8, 4) is 11.3 Å². The molecule has 5 heteroatoms. The Morgan fingerprint density at radius 3 is 2.38 bits per heavy atom. The van der Waals surface area contributed by atoms with E-state index < -0.39 is 0 Å². The third-order valence-electron chi connectivity index (χ3n) is 3.71. The lowest BCUT2D eigenvalue weighted by molar-refractivity contribution is 0.101. The van der Waals surface area contributed by atoms with Gasteiger partial charge in [-0.1, -0.05) is 42.7 Å². The second kappa shape index (κ2) is 6.89. The molecule has 0 radical (unpaired) electrons. The van der Waals surface area contributed by atoms with E-state index in [1.807, 2.05) is 36.4 Å². The zero-order valence-electron chi connectivity index (χ0n) is 13.4. The predicted molar refractivity (Wildman–Crippen MR) is 95.4 cm³/mol. The number of nitrogens with one attached hydrogen (secondary N) is 1. The van der Waals surface area contributed by atoms with Crippen molar-refractivity contribution in [1.82, 2.24) is 5.16 Å². The third kappa shape index (κ3) is 3.66. The summed E-state index contributed by atoms with van der Waals surface area (Å²) in [7, 11) is 0. The van der Waals surface area contributed by atoms with Crippen LogP contribution in [0, 0.1) is 0 Å². The van der Waals surface area contributed by atoms with Crippen molar-refractivity contribution in [2.75, 3.05) is 5.32 Å². The number of hydrogen-bond donors (Lipinski definition) is 1. The molecule has 3 aromatic rings. The zero-order chi connectivity index (χ0) is 17.1. The molecule has 0 saturated carbocycles. The molecule has 1 N–H and O–H groups in total. The molecule has 1 amide bonds. The molecule has 0 atom stereocenters. The van der Waals surface area contributed by atoms with Gasteiger partial charge in [-0.15, -0.1) is 0 Å². The molecule has 0 fully saturated rings. The highest BCUT2D eigenvalue weighted by molar-refractivity contribution is 6.30. The molecule has 1 aromatic heterocycles. The van der Waals surface area contributed by atoms with E-state index >= 15 is 0 Å². The SMILES string of the molecule is CC(C)c1ccc(NC(=O)c2cc(-c3ccc(Cl)cc3)on2)cc1. The van der Waals surface area contributed by atoms with E-state index in [9.17, 15) is 4.79 Å². The minimum Gasteiger partial charge on any atom is -0.355 e. The Morgan fingerprint density at radius 1 is 1.08 bits per heavy atom. The van der Waals surface area contributed by atoms with Gasteiger partial charge in [-0.25, -0.2) is 0 Å². The van der Waals surface area contributed by atoms with Crippen LogP contribution in [0.3, 0.4) is 0 Å². The molecule has 0 bridgehead atoms. The highest BCUT2D eigenvalue weighted by atomic mass is 35.5. The lowest BCUT2D eigenvalue weighted by Gasteiger charge is -2.07. The summed E-state index contributed by atoms with van der Waals surface area (Å²) >= 11 is 5.87. The molecule has 0 spiro atoms. The predicted octanol–water partition coefficient (Wildman–Crippen LogP) is 5.37. The maximum absolute atomic E-state index is 12.3. The van der Waals surface area contributed by atoms with Gasteiger partial charge < -0.3 is 9.84 Å². The van der Waals surface area contributed by atoms with Gasteiger partial charge in [-0.05, 0) is 47.9 Å². The van der Waals surface area contributed by atoms with Crippen LogP contribution in [0.4, 0.5) is 5.69 Å². The number of aromatic nitrogens is 1. The van der Waals surface area contributed by atoms with E-state index in [0.717, 1.165) is 11.3 Å². The number of hydrogen-bond acceptors (Lipinski definition) is 3. The summed E-state index contributed by atoms with van der Waals surface area (Å²) in [6.45, 7) is 4.25. The molecule has 0 unspecified atom stereocenters. The number of amides is 1. The highest BCUT2D eigenvalue weighted by Crippen LogP contribution is 2.23. The number of carbonyl (C=O) groups excluding carboxylic acids is 1. The van der Waals surface area contributed by atoms with Gasteiger partial charge in [0.2, 0.25) is 0 Å². The largest absolute Gasteiger partial charge is 0.355 e. The van der Waals surface area contributed by atoms with Crippen LogP contribution in [0.15, 0.2) is 59.1 Å². The summed E-state index contributed by atoms with van der Waals surface area (Å²) in [5.74, 6) is 0.662. The standard InChI is InChI=1S/C19H17ClN2O2/c1-12(2)13-5-9-16(10-6-13)21-19(23)17-11-18(24-22-17)14-3-7-15(20)8-4-14/h3-12H,1-2H3,(H,21,23). The molecule has 0 aliphatic rings. The quantitative estimate of drug-likeness (QED) is 0.694. The van der Waals surface area contributed by atoms with Gasteiger partial charge in [0, 0.05) is 22.3 Å². The highest BCUT2D eigenvalue weighted by Gasteiger charge is 2.14. The van der Waals surface area contributed by atoms with E-state index in [2.05, 4.69) is 24.3 Å². The Hall–Kier alpha value is -2.59. The number of halogens is 1. The van der Waals surface area contributed by atoms with Gasteiger partial charge in [0.1, 0.15) is 0 Å². The molecule has 1 heterocycles. The summed E-state index contributed by atoms with van der Waals surface area (Å²) in [4.78, 5) is 12.3. The van der Waals surface area contributed by atoms with Gasteiger partial charge >= 0.3 is 0 Å². The normalized spacial score (nSPS) is 10.8. The van der Waals surface area contributed by atoms with Gasteiger partial charge in [-0.3, -0.25) is 4.79 Å². The van der Waals surface area contributed by atoms with Crippen LogP contribution in [0.5, 0.6) is 0 Å². The van der Waals surface area contributed by atoms with Crippen LogP contribution in [0.25, 0.3) is 11.3 Å². The Kier molecular flexibility index (Phi) is 4.67. The Morgan fingerprint density at radius 2 is 1.75 bits per heavy atom. The first kappa shape index (κ1) is 16.3. The fourth-order valence-corrected chi connectivity index (χ4v) is 2.40. The second-order valence-electron chi connectivity index (χ2n) is 5.81. The van der Waals surface area contributed by atoms with Gasteiger partial charge in [0.05, 0.1) is 0 Å². The topological polar surface area (TPSA) is 55.1 Å². The maximum Gasteiger partial charge on any atom is 0.277 e. The van der Waals surface area contributed by atoms with Crippen molar-refractivity contribution in [2.45, 2.75) is 19.8 Å². The summed E-state index contributed by atoms with van der Waals surface area (Å²) in [5.41, 5.74) is 2.99. The van der Waals surface area contributed by atoms with Crippen molar-refractivity contribution in [3.63, 3.8) is 0 Å². The average molecular weight is 341 g/mol. The Labute approximate surface area is 145 Å². The molecule has 2 aromatic carbocycles. The maximum atomic E-state index is 12.3. The molecule has 122 valence electrons. The fourth-order valence-electron chi connectivity index (χ4n) is 2.28. The van der Waals surface area contributed by atoms with Gasteiger partial charge in [-0.2, -0.15) is 0 Å². The molecular formula is C19H17ClN2O2. The monoisotopic (exact) mass is 340 g/mol. The number of benzene rings is 2. The summed E-state index contributed by atoms with van der Waals surface area (Å²) in [6.07, 6.45) is 0. The van der Waals surface area contributed by atoms with Gasteiger partial charge in [0.15, 0.2) is 11.5 Å². The molecule has 0 aliphatic heterocycles. The Bertz CT molecular complexity index is 837. The number of rotatable bonds is 4. The fraction of sp³-hybridized carbons (Fsp3) is 0.158. The smallest absolute Gasteiger partial charge is 0.277 e. The molecule has 0 saturated heterocycles. The molecule has 0 aliphatic carbocycles. The average Bonchev–Trinajstić information content (AvgIpc) is 3.06. The number of anilines is 1. The molecular weight excluding hydrogens is 324 g/mol. The van der Waals surface area contributed by atoms with Crippen LogP contribution >= 0.6 is 11.6 Å². The first-order chi connectivity index (χ1) is 11.5. The first-order valence-electron chi connectivity index (χ1n) is 7.67. The van der Waals surface area contributed by atoms with E-state index in [-0.39, 0.29) is 11.6 Å². The third-order valence-corrected chi connectivity index (χ3v) is 3.96. The summed E-state index contributed by atoms with van der Waals surface area (Å²) in [6, 6.07) is 16.5. The summed E-state index contributed by atoms with van der Waals surface area (Å²) < 4.78 is 5.25. The second-order valence-corrected chi connectivity index (χ2v) is 6.25. The van der Waals surface area contributed by atoms with E-state index in [4.69, 9.17) is 16.1 Å².